The van der Waals surface area contributed by atoms with Gasteiger partial charge in [-0.25, -0.2) is 4.68 Å². The number of rotatable bonds is 3. The Kier molecular flexibility index (Phi) is 4.35. The highest BCUT2D eigenvalue weighted by atomic mass is 16.2. The molecule has 132 valence electrons. The molecule has 1 aliphatic heterocycles. The normalized spacial score (nSPS) is 14.5. The fourth-order valence-electron chi connectivity index (χ4n) is 3.07. The van der Waals surface area contributed by atoms with E-state index in [1.807, 2.05) is 48.2 Å². The Morgan fingerprint density at radius 3 is 2.31 bits per heavy atom. The quantitative estimate of drug-likeness (QED) is 0.724. The maximum Gasteiger partial charge on any atom is 0.276 e. The largest absolute Gasteiger partial charge is 0.368 e. The van der Waals surface area contributed by atoms with Crippen LogP contribution in [0.25, 0.3) is 5.69 Å². The SMILES string of the molecule is Cc1ccc(-n2cc(C(=O)N3CCN(c4ccncc4)CC3)nn2)cc1. The van der Waals surface area contributed by atoms with Crippen molar-refractivity contribution >= 4 is 11.6 Å². The highest BCUT2D eigenvalue weighted by molar-refractivity contribution is 5.92. The number of piperazine rings is 1. The highest BCUT2D eigenvalue weighted by Crippen LogP contribution is 2.16. The molecule has 7 heteroatoms. The Morgan fingerprint density at radius 2 is 1.62 bits per heavy atom. The first kappa shape index (κ1) is 16.3. The summed E-state index contributed by atoms with van der Waals surface area (Å²) in [5.41, 5.74) is 3.59. The molecule has 2 aromatic heterocycles. The summed E-state index contributed by atoms with van der Waals surface area (Å²) >= 11 is 0. The van der Waals surface area contributed by atoms with Crippen molar-refractivity contribution in [3.63, 3.8) is 0 Å². The molecule has 1 fully saturated rings. The number of pyridine rings is 1. The van der Waals surface area contributed by atoms with Gasteiger partial charge in [0.15, 0.2) is 5.69 Å². The number of anilines is 1. The van der Waals surface area contributed by atoms with E-state index in [0.29, 0.717) is 18.8 Å². The number of hydrogen-bond acceptors (Lipinski definition) is 5. The lowest BCUT2D eigenvalue weighted by atomic mass is 10.2. The van der Waals surface area contributed by atoms with Gasteiger partial charge >= 0.3 is 0 Å². The number of nitrogens with zero attached hydrogens (tertiary/aromatic N) is 6. The third-order valence-corrected chi connectivity index (χ3v) is 4.61. The lowest BCUT2D eigenvalue weighted by molar-refractivity contribution is 0.0740. The lowest BCUT2D eigenvalue weighted by Gasteiger charge is -2.35. The Morgan fingerprint density at radius 1 is 0.923 bits per heavy atom. The molecular formula is C19H20N6O. The van der Waals surface area contributed by atoms with Crippen molar-refractivity contribution in [3.8, 4) is 5.69 Å². The topological polar surface area (TPSA) is 67.2 Å². The minimum Gasteiger partial charge on any atom is -0.368 e. The fourth-order valence-corrected chi connectivity index (χ4v) is 3.07. The molecule has 0 saturated carbocycles. The van der Waals surface area contributed by atoms with Gasteiger partial charge in [0, 0.05) is 44.3 Å². The van der Waals surface area contributed by atoms with Crippen LogP contribution in [0.5, 0.6) is 0 Å². The van der Waals surface area contributed by atoms with Crippen LogP contribution in [0, 0.1) is 6.92 Å². The third kappa shape index (κ3) is 3.28. The molecule has 4 rings (SSSR count). The van der Waals surface area contributed by atoms with Gasteiger partial charge in [-0.3, -0.25) is 9.78 Å². The standard InChI is InChI=1S/C19H20N6O/c1-15-2-4-17(5-3-15)25-14-18(21-22-25)19(26)24-12-10-23(11-13-24)16-6-8-20-9-7-16/h2-9,14H,10-13H2,1H3. The molecule has 7 nitrogen and oxygen atoms in total. The van der Waals surface area contributed by atoms with E-state index in [-0.39, 0.29) is 5.91 Å². The van der Waals surface area contributed by atoms with Gasteiger partial charge in [-0.1, -0.05) is 22.9 Å². The number of carbonyl (C=O) groups excluding carboxylic acids is 1. The Labute approximate surface area is 151 Å². The number of aromatic nitrogens is 4. The molecule has 1 aromatic carbocycles. The fraction of sp³-hybridized carbons (Fsp3) is 0.263. The first-order valence-corrected chi connectivity index (χ1v) is 8.64. The van der Waals surface area contributed by atoms with Crippen molar-refractivity contribution in [2.75, 3.05) is 31.1 Å². The lowest BCUT2D eigenvalue weighted by Crippen LogP contribution is -2.48. The maximum absolute atomic E-state index is 12.7. The number of hydrogen-bond donors (Lipinski definition) is 0. The van der Waals surface area contributed by atoms with Crippen LogP contribution in [0.15, 0.2) is 55.0 Å². The number of benzene rings is 1. The van der Waals surface area contributed by atoms with Crippen LogP contribution in [0.3, 0.4) is 0 Å². The summed E-state index contributed by atoms with van der Waals surface area (Å²) in [5.74, 6) is -0.0715. The first-order chi connectivity index (χ1) is 12.7. The van der Waals surface area contributed by atoms with E-state index in [1.165, 1.54) is 5.56 Å². The molecule has 26 heavy (non-hydrogen) atoms. The van der Waals surface area contributed by atoms with E-state index in [2.05, 4.69) is 20.2 Å². The molecule has 0 radical (unpaired) electrons. The van der Waals surface area contributed by atoms with Gasteiger partial charge in [0.2, 0.25) is 0 Å². The van der Waals surface area contributed by atoms with Crippen molar-refractivity contribution in [2.45, 2.75) is 6.92 Å². The predicted octanol–water partition coefficient (Wildman–Crippen LogP) is 1.93. The summed E-state index contributed by atoms with van der Waals surface area (Å²) in [6, 6.07) is 11.9. The van der Waals surface area contributed by atoms with Crippen LogP contribution in [0.4, 0.5) is 5.69 Å². The number of amides is 1. The minimum atomic E-state index is -0.0715. The highest BCUT2D eigenvalue weighted by Gasteiger charge is 2.24. The molecule has 0 spiro atoms. The minimum absolute atomic E-state index is 0.0715. The van der Waals surface area contributed by atoms with Crippen LogP contribution < -0.4 is 4.90 Å². The van der Waals surface area contributed by atoms with E-state index in [0.717, 1.165) is 24.5 Å². The smallest absolute Gasteiger partial charge is 0.276 e. The van der Waals surface area contributed by atoms with E-state index in [1.54, 1.807) is 23.3 Å². The summed E-state index contributed by atoms with van der Waals surface area (Å²) in [6.07, 6.45) is 5.27. The second-order valence-corrected chi connectivity index (χ2v) is 6.37. The van der Waals surface area contributed by atoms with E-state index in [4.69, 9.17) is 0 Å². The van der Waals surface area contributed by atoms with E-state index >= 15 is 0 Å². The van der Waals surface area contributed by atoms with Gasteiger partial charge in [-0.15, -0.1) is 5.10 Å². The Hall–Kier alpha value is -3.22. The zero-order valence-corrected chi connectivity index (χ0v) is 14.6. The Bertz CT molecular complexity index is 882. The zero-order chi connectivity index (χ0) is 17.9. The second kappa shape index (κ2) is 6.95. The van der Waals surface area contributed by atoms with Crippen LogP contribution in [0.2, 0.25) is 0 Å². The van der Waals surface area contributed by atoms with Crippen LogP contribution in [-0.4, -0.2) is 57.0 Å². The molecule has 0 atom stereocenters. The molecular weight excluding hydrogens is 328 g/mol. The Balaban J connectivity index is 1.42. The molecule has 1 saturated heterocycles. The van der Waals surface area contributed by atoms with E-state index < -0.39 is 0 Å². The van der Waals surface area contributed by atoms with Gasteiger partial charge in [0.05, 0.1) is 11.9 Å². The number of carbonyl (C=O) groups is 1. The molecule has 0 N–H and O–H groups in total. The van der Waals surface area contributed by atoms with Crippen molar-refractivity contribution < 1.29 is 4.79 Å². The van der Waals surface area contributed by atoms with Crippen LogP contribution in [0.1, 0.15) is 16.1 Å². The average molecular weight is 348 g/mol. The zero-order valence-electron chi connectivity index (χ0n) is 14.6. The first-order valence-electron chi connectivity index (χ1n) is 8.64. The molecule has 0 aliphatic carbocycles. The van der Waals surface area contributed by atoms with Crippen molar-refractivity contribution in [1.82, 2.24) is 24.9 Å². The molecule has 0 bridgehead atoms. The maximum atomic E-state index is 12.7. The second-order valence-electron chi connectivity index (χ2n) is 6.37. The van der Waals surface area contributed by atoms with Gasteiger partial charge in [-0.2, -0.15) is 0 Å². The molecule has 1 aliphatic rings. The van der Waals surface area contributed by atoms with Crippen molar-refractivity contribution in [1.29, 1.82) is 0 Å². The average Bonchev–Trinajstić information content (AvgIpc) is 3.19. The van der Waals surface area contributed by atoms with Crippen LogP contribution in [-0.2, 0) is 0 Å². The van der Waals surface area contributed by atoms with Crippen LogP contribution >= 0.6 is 0 Å². The third-order valence-electron chi connectivity index (χ3n) is 4.61. The molecule has 3 heterocycles. The van der Waals surface area contributed by atoms with Crippen molar-refractivity contribution in [3.05, 3.63) is 66.2 Å². The van der Waals surface area contributed by atoms with Gasteiger partial charge < -0.3 is 9.80 Å². The molecule has 1 amide bonds. The summed E-state index contributed by atoms with van der Waals surface area (Å²) < 4.78 is 1.64. The van der Waals surface area contributed by atoms with Gasteiger partial charge in [-0.05, 0) is 31.2 Å². The molecule has 0 unspecified atom stereocenters. The van der Waals surface area contributed by atoms with E-state index in [9.17, 15) is 4.79 Å². The van der Waals surface area contributed by atoms with Crippen molar-refractivity contribution in [2.24, 2.45) is 0 Å². The van der Waals surface area contributed by atoms with Gasteiger partial charge in [0.25, 0.3) is 5.91 Å². The predicted molar refractivity (Wildman–Crippen MR) is 98.4 cm³/mol. The molecule has 3 aromatic rings. The summed E-state index contributed by atoms with van der Waals surface area (Å²) in [5, 5.41) is 8.16. The summed E-state index contributed by atoms with van der Waals surface area (Å²) in [7, 11) is 0. The van der Waals surface area contributed by atoms with Gasteiger partial charge in [0.1, 0.15) is 0 Å². The number of aryl methyl sites for hydroxylation is 1. The summed E-state index contributed by atoms with van der Waals surface area (Å²) in [4.78, 5) is 20.9. The summed E-state index contributed by atoms with van der Waals surface area (Å²) in [6.45, 7) is 4.95. The monoisotopic (exact) mass is 348 g/mol.